The molecule has 1 unspecified atom stereocenters. The molecule has 0 saturated carbocycles. The van der Waals surface area contributed by atoms with Gasteiger partial charge >= 0.3 is 0 Å². The molecule has 0 heterocycles. The Kier molecular flexibility index (Phi) is 5.32. The van der Waals surface area contributed by atoms with Crippen LogP contribution in [0.5, 0.6) is 0 Å². The lowest BCUT2D eigenvalue weighted by Gasteiger charge is -2.19. The maximum atomic E-state index is 3.82. The van der Waals surface area contributed by atoms with Gasteiger partial charge in [-0.05, 0) is 53.6 Å². The Morgan fingerprint density at radius 1 is 1.53 bits per heavy atom. The highest BCUT2D eigenvalue weighted by Gasteiger charge is 2.12. The normalized spacial score (nSPS) is 12.5. The first kappa shape index (κ1) is 12.7. The number of benzene rings is 1. The van der Waals surface area contributed by atoms with Crippen molar-refractivity contribution in [1.82, 2.24) is 5.32 Å². The molecule has 1 aromatic rings. The van der Waals surface area contributed by atoms with Crippen molar-refractivity contribution >= 4 is 22.6 Å². The summed E-state index contributed by atoms with van der Waals surface area (Å²) in [5.74, 6) is 0. The molecule has 0 aliphatic carbocycles. The quantitative estimate of drug-likeness (QED) is 0.643. The highest BCUT2D eigenvalue weighted by Crippen LogP contribution is 2.25. The lowest BCUT2D eigenvalue weighted by atomic mass is 10.0. The zero-order valence-electron chi connectivity index (χ0n) is 9.39. The number of rotatable bonds is 5. The first-order chi connectivity index (χ1) is 7.20. The van der Waals surface area contributed by atoms with Gasteiger partial charge in [0, 0.05) is 9.61 Å². The average molecular weight is 315 g/mol. The molecule has 1 atom stereocenters. The number of halogens is 1. The Balaban J connectivity index is 2.99. The molecule has 1 nitrogen and oxygen atoms in total. The van der Waals surface area contributed by atoms with Crippen LogP contribution in [0.25, 0.3) is 0 Å². The molecule has 0 fully saturated rings. The molecule has 0 amide bonds. The second-order valence-electron chi connectivity index (χ2n) is 3.61. The molecule has 0 aliphatic heterocycles. The predicted molar refractivity (Wildman–Crippen MR) is 75.1 cm³/mol. The maximum absolute atomic E-state index is 3.82. The van der Waals surface area contributed by atoms with Crippen LogP contribution in [0.1, 0.15) is 30.5 Å². The number of hydrogen-bond acceptors (Lipinski definition) is 1. The van der Waals surface area contributed by atoms with Gasteiger partial charge in [0.2, 0.25) is 0 Å². The summed E-state index contributed by atoms with van der Waals surface area (Å²) in [6.07, 6.45) is 2.96. The summed E-state index contributed by atoms with van der Waals surface area (Å²) in [4.78, 5) is 0. The third-order valence-corrected chi connectivity index (χ3v) is 3.92. The van der Waals surface area contributed by atoms with E-state index in [4.69, 9.17) is 0 Å². The van der Waals surface area contributed by atoms with E-state index in [9.17, 15) is 0 Å². The lowest BCUT2D eigenvalue weighted by Crippen LogP contribution is -2.21. The first-order valence-corrected chi connectivity index (χ1v) is 6.37. The molecule has 1 rings (SSSR count). The van der Waals surface area contributed by atoms with Crippen molar-refractivity contribution in [2.75, 3.05) is 6.54 Å². The van der Waals surface area contributed by atoms with E-state index in [1.807, 2.05) is 6.08 Å². The van der Waals surface area contributed by atoms with E-state index in [0.717, 1.165) is 13.0 Å². The second kappa shape index (κ2) is 6.28. The van der Waals surface area contributed by atoms with Crippen molar-refractivity contribution in [3.05, 3.63) is 45.6 Å². The van der Waals surface area contributed by atoms with Gasteiger partial charge in [-0.1, -0.05) is 31.2 Å². The summed E-state index contributed by atoms with van der Waals surface area (Å²) in [5, 5.41) is 3.49. The minimum Gasteiger partial charge on any atom is -0.310 e. The van der Waals surface area contributed by atoms with Crippen LogP contribution in [0.15, 0.2) is 30.9 Å². The van der Waals surface area contributed by atoms with Crippen molar-refractivity contribution in [3.8, 4) is 0 Å². The van der Waals surface area contributed by atoms with E-state index in [0.29, 0.717) is 6.04 Å². The number of hydrogen-bond donors (Lipinski definition) is 1. The first-order valence-electron chi connectivity index (χ1n) is 5.30. The van der Waals surface area contributed by atoms with Gasteiger partial charge in [0.05, 0.1) is 0 Å². The second-order valence-corrected chi connectivity index (χ2v) is 4.69. The lowest BCUT2D eigenvalue weighted by molar-refractivity contribution is 0.556. The fourth-order valence-electron chi connectivity index (χ4n) is 1.67. The summed E-state index contributed by atoms with van der Waals surface area (Å²) in [7, 11) is 0. The molecular weight excluding hydrogens is 297 g/mol. The number of aryl methyl sites for hydroxylation is 1. The van der Waals surface area contributed by atoms with Crippen LogP contribution >= 0.6 is 22.6 Å². The predicted octanol–water partition coefficient (Wildman–Crippen LogP) is 3.83. The van der Waals surface area contributed by atoms with E-state index >= 15 is 0 Å². The smallest absolute Gasteiger partial charge is 0.0365 e. The standard InChI is InChI=1S/C13H18IN/c1-4-7-12(15-5-2)11-9-6-8-10(3)13(11)14/h4,6,8-9,12,15H,1,5,7H2,2-3H3. The van der Waals surface area contributed by atoms with Crippen LogP contribution in [-0.4, -0.2) is 6.54 Å². The summed E-state index contributed by atoms with van der Waals surface area (Å²) >= 11 is 2.43. The number of nitrogens with one attached hydrogen (secondary N) is 1. The van der Waals surface area contributed by atoms with E-state index in [1.54, 1.807) is 0 Å². The van der Waals surface area contributed by atoms with Crippen LogP contribution in [0.3, 0.4) is 0 Å². The molecule has 82 valence electrons. The Labute approximate surface area is 106 Å². The van der Waals surface area contributed by atoms with Crippen molar-refractivity contribution in [3.63, 3.8) is 0 Å². The van der Waals surface area contributed by atoms with E-state index in [-0.39, 0.29) is 0 Å². The highest BCUT2D eigenvalue weighted by molar-refractivity contribution is 14.1. The minimum atomic E-state index is 0.402. The molecule has 2 heteroatoms. The molecule has 0 saturated heterocycles. The van der Waals surface area contributed by atoms with Crippen molar-refractivity contribution in [2.45, 2.75) is 26.3 Å². The van der Waals surface area contributed by atoms with Crippen molar-refractivity contribution in [2.24, 2.45) is 0 Å². The fourth-order valence-corrected chi connectivity index (χ4v) is 2.41. The van der Waals surface area contributed by atoms with Gasteiger partial charge in [-0.25, -0.2) is 0 Å². The molecule has 0 aliphatic rings. The van der Waals surface area contributed by atoms with E-state index in [1.165, 1.54) is 14.7 Å². The van der Waals surface area contributed by atoms with Gasteiger partial charge in [-0.2, -0.15) is 0 Å². The fraction of sp³-hybridized carbons (Fsp3) is 0.385. The monoisotopic (exact) mass is 315 g/mol. The summed E-state index contributed by atoms with van der Waals surface area (Å²) in [6.45, 7) is 9.10. The van der Waals surface area contributed by atoms with Crippen LogP contribution in [0.4, 0.5) is 0 Å². The van der Waals surface area contributed by atoms with Crippen LogP contribution < -0.4 is 5.32 Å². The molecule has 15 heavy (non-hydrogen) atoms. The molecule has 0 aromatic heterocycles. The molecule has 0 bridgehead atoms. The maximum Gasteiger partial charge on any atom is 0.0365 e. The summed E-state index contributed by atoms with van der Waals surface area (Å²) in [6, 6.07) is 6.88. The van der Waals surface area contributed by atoms with Gasteiger partial charge in [0.15, 0.2) is 0 Å². The van der Waals surface area contributed by atoms with Crippen LogP contribution in [0, 0.1) is 10.5 Å². The SMILES string of the molecule is C=CCC(NCC)c1cccc(C)c1I. The Morgan fingerprint density at radius 2 is 2.27 bits per heavy atom. The molecule has 1 aromatic carbocycles. The van der Waals surface area contributed by atoms with Crippen molar-refractivity contribution < 1.29 is 0 Å². The third-order valence-electron chi connectivity index (χ3n) is 2.45. The minimum absolute atomic E-state index is 0.402. The van der Waals surface area contributed by atoms with Gasteiger partial charge in [-0.3, -0.25) is 0 Å². The van der Waals surface area contributed by atoms with Gasteiger partial charge in [0.25, 0.3) is 0 Å². The topological polar surface area (TPSA) is 12.0 Å². The largest absolute Gasteiger partial charge is 0.310 e. The van der Waals surface area contributed by atoms with Gasteiger partial charge in [0.1, 0.15) is 0 Å². The highest BCUT2D eigenvalue weighted by atomic mass is 127. The van der Waals surface area contributed by atoms with Crippen LogP contribution in [-0.2, 0) is 0 Å². The Hall–Kier alpha value is -0.350. The van der Waals surface area contributed by atoms with Crippen molar-refractivity contribution in [1.29, 1.82) is 0 Å². The Bertz CT molecular complexity index is 333. The van der Waals surface area contributed by atoms with E-state index < -0.39 is 0 Å². The average Bonchev–Trinajstić information content (AvgIpc) is 2.22. The summed E-state index contributed by atoms with van der Waals surface area (Å²) in [5.41, 5.74) is 2.73. The zero-order valence-corrected chi connectivity index (χ0v) is 11.5. The molecule has 1 N–H and O–H groups in total. The van der Waals surface area contributed by atoms with Crippen LogP contribution in [0.2, 0.25) is 0 Å². The zero-order chi connectivity index (χ0) is 11.3. The molecule has 0 spiro atoms. The molecular formula is C13H18IN. The van der Waals surface area contributed by atoms with Gasteiger partial charge < -0.3 is 5.32 Å². The van der Waals surface area contributed by atoms with E-state index in [2.05, 4.69) is 66.5 Å². The van der Waals surface area contributed by atoms with Gasteiger partial charge in [-0.15, -0.1) is 6.58 Å². The summed E-state index contributed by atoms with van der Waals surface area (Å²) < 4.78 is 1.36. The third kappa shape index (κ3) is 3.31. The molecule has 0 radical (unpaired) electrons. The Morgan fingerprint density at radius 3 is 2.87 bits per heavy atom.